The summed E-state index contributed by atoms with van der Waals surface area (Å²) in [6, 6.07) is 9.69. The molecule has 0 spiro atoms. The second-order valence-corrected chi connectivity index (χ2v) is 3.31. The van der Waals surface area contributed by atoms with Crippen LogP contribution in [0.5, 0.6) is 0 Å². The smallest absolute Gasteiger partial charge is 0.207 e. The molecule has 0 aliphatic heterocycles. The molecular formula is C10H6FOS+. The molecule has 2 aromatic rings. The van der Waals surface area contributed by atoms with Gasteiger partial charge in [0.1, 0.15) is 5.82 Å². The molecule has 0 saturated carbocycles. The Morgan fingerprint density at radius 2 is 2.00 bits per heavy atom. The van der Waals surface area contributed by atoms with Gasteiger partial charge in [0.25, 0.3) is 4.90 Å². The van der Waals surface area contributed by atoms with Crippen molar-refractivity contribution in [3.05, 3.63) is 42.2 Å². The van der Waals surface area contributed by atoms with E-state index in [1.54, 1.807) is 24.3 Å². The van der Waals surface area contributed by atoms with E-state index in [0.717, 1.165) is 10.8 Å². The zero-order valence-corrected chi connectivity index (χ0v) is 7.48. The van der Waals surface area contributed by atoms with Crippen LogP contribution < -0.4 is 0 Å². The van der Waals surface area contributed by atoms with Gasteiger partial charge in [-0.15, -0.1) is 0 Å². The minimum absolute atomic E-state index is 0.277. The van der Waals surface area contributed by atoms with Crippen molar-refractivity contribution >= 4 is 22.4 Å². The standard InChI is InChI=1S/C10H6FOS/c11-8-4-5-9-7(6-8)2-1-3-10(9)13-12/h1-6H/q+1. The largest absolute Gasteiger partial charge is 0.505 e. The average Bonchev–Trinajstić information content (AvgIpc) is 2.16. The van der Waals surface area contributed by atoms with Gasteiger partial charge in [0.2, 0.25) is 0 Å². The zero-order valence-electron chi connectivity index (χ0n) is 6.66. The summed E-state index contributed by atoms with van der Waals surface area (Å²) in [7, 11) is 0. The van der Waals surface area contributed by atoms with Crippen LogP contribution in [0.2, 0.25) is 0 Å². The first kappa shape index (κ1) is 8.26. The van der Waals surface area contributed by atoms with E-state index in [0.29, 0.717) is 16.6 Å². The number of hydrogen-bond donors (Lipinski definition) is 0. The van der Waals surface area contributed by atoms with Crippen molar-refractivity contribution in [2.24, 2.45) is 0 Å². The molecule has 13 heavy (non-hydrogen) atoms. The van der Waals surface area contributed by atoms with Crippen LogP contribution in [0.3, 0.4) is 0 Å². The van der Waals surface area contributed by atoms with Crippen LogP contribution >= 0.6 is 0 Å². The third-order valence-corrected chi connectivity index (χ3v) is 2.43. The van der Waals surface area contributed by atoms with E-state index in [1.807, 2.05) is 0 Å². The van der Waals surface area contributed by atoms with Crippen LogP contribution in [0, 0.1) is 5.82 Å². The summed E-state index contributed by atoms with van der Waals surface area (Å²) in [4.78, 5) is 0.637. The molecule has 2 rings (SSSR count). The van der Waals surface area contributed by atoms with E-state index in [9.17, 15) is 8.60 Å². The summed E-state index contributed by atoms with van der Waals surface area (Å²) in [5, 5.41) is 1.57. The number of hydrogen-bond acceptors (Lipinski definition) is 1. The normalized spacial score (nSPS) is 10.2. The number of benzene rings is 2. The molecule has 2 aromatic carbocycles. The highest BCUT2D eigenvalue weighted by Gasteiger charge is 2.11. The molecule has 1 nitrogen and oxygen atoms in total. The summed E-state index contributed by atoms with van der Waals surface area (Å²) in [5.74, 6) is -0.277. The molecule has 0 amide bonds. The molecule has 0 aliphatic rings. The second kappa shape index (κ2) is 3.18. The Morgan fingerprint density at radius 1 is 1.15 bits per heavy atom. The first-order chi connectivity index (χ1) is 6.31. The average molecular weight is 193 g/mol. The van der Waals surface area contributed by atoms with Crippen molar-refractivity contribution in [1.29, 1.82) is 0 Å². The summed E-state index contributed by atoms with van der Waals surface area (Å²) in [6.45, 7) is 0. The van der Waals surface area contributed by atoms with Crippen molar-refractivity contribution in [1.82, 2.24) is 0 Å². The first-order valence-corrected chi connectivity index (χ1v) is 4.53. The Balaban J connectivity index is 2.84. The zero-order chi connectivity index (χ0) is 9.26. The lowest BCUT2D eigenvalue weighted by molar-refractivity contribution is 0.605. The van der Waals surface area contributed by atoms with E-state index in [-0.39, 0.29) is 5.82 Å². The summed E-state index contributed by atoms with van der Waals surface area (Å²) >= 11 is 0.432. The molecule has 0 radical (unpaired) electrons. The third kappa shape index (κ3) is 1.42. The summed E-state index contributed by atoms with van der Waals surface area (Å²) < 4.78 is 23.4. The van der Waals surface area contributed by atoms with Crippen LogP contribution in [-0.2, 0) is 15.9 Å². The molecule has 3 heteroatoms. The molecule has 0 aliphatic carbocycles. The molecule has 0 bridgehead atoms. The fraction of sp³-hybridized carbons (Fsp3) is 0. The molecule has 0 fully saturated rings. The van der Waals surface area contributed by atoms with Crippen molar-refractivity contribution < 1.29 is 8.60 Å². The van der Waals surface area contributed by atoms with Gasteiger partial charge in [0.15, 0.2) is 0 Å². The van der Waals surface area contributed by atoms with E-state index < -0.39 is 0 Å². The quantitative estimate of drug-likeness (QED) is 0.636. The van der Waals surface area contributed by atoms with Gasteiger partial charge in [-0.2, -0.15) is 0 Å². The van der Waals surface area contributed by atoms with Gasteiger partial charge in [-0.1, -0.05) is 12.1 Å². The number of fused-ring (bicyclic) bond motifs is 1. The monoisotopic (exact) mass is 193 g/mol. The van der Waals surface area contributed by atoms with E-state index in [1.165, 1.54) is 12.1 Å². The third-order valence-electron chi connectivity index (χ3n) is 1.89. The Morgan fingerprint density at radius 3 is 2.77 bits per heavy atom. The SMILES string of the molecule is O=[S+]c1cccc2cc(F)ccc12. The van der Waals surface area contributed by atoms with Gasteiger partial charge in [-0.05, 0) is 23.6 Å². The fourth-order valence-electron chi connectivity index (χ4n) is 1.30. The van der Waals surface area contributed by atoms with Gasteiger partial charge in [0, 0.05) is 10.3 Å². The van der Waals surface area contributed by atoms with Crippen LogP contribution in [-0.4, -0.2) is 0 Å². The Hall–Kier alpha value is -1.35. The van der Waals surface area contributed by atoms with E-state index >= 15 is 0 Å². The highest BCUT2D eigenvalue weighted by atomic mass is 32.1. The van der Waals surface area contributed by atoms with Crippen LogP contribution in [0.1, 0.15) is 0 Å². The van der Waals surface area contributed by atoms with E-state index in [2.05, 4.69) is 0 Å². The highest BCUT2D eigenvalue weighted by molar-refractivity contribution is 7.65. The van der Waals surface area contributed by atoms with Gasteiger partial charge in [-0.25, -0.2) is 4.39 Å². The maximum atomic E-state index is 12.8. The highest BCUT2D eigenvalue weighted by Crippen LogP contribution is 2.19. The van der Waals surface area contributed by atoms with Crippen molar-refractivity contribution in [2.75, 3.05) is 0 Å². The predicted molar refractivity (Wildman–Crippen MR) is 50.2 cm³/mol. The number of halogens is 1. The fourth-order valence-corrected chi connectivity index (χ4v) is 1.71. The summed E-state index contributed by atoms with van der Waals surface area (Å²) in [5.41, 5.74) is 0. The van der Waals surface area contributed by atoms with E-state index in [4.69, 9.17) is 0 Å². The second-order valence-electron chi connectivity index (χ2n) is 2.70. The lowest BCUT2D eigenvalue weighted by Gasteiger charge is -1.93. The maximum absolute atomic E-state index is 12.8. The minimum atomic E-state index is -0.277. The predicted octanol–water partition coefficient (Wildman–Crippen LogP) is 2.77. The van der Waals surface area contributed by atoms with Crippen molar-refractivity contribution in [3.8, 4) is 0 Å². The van der Waals surface area contributed by atoms with Crippen molar-refractivity contribution in [2.45, 2.75) is 4.90 Å². The maximum Gasteiger partial charge on any atom is 0.505 e. The van der Waals surface area contributed by atoms with Crippen LogP contribution in [0.4, 0.5) is 4.39 Å². The van der Waals surface area contributed by atoms with Crippen LogP contribution in [0.25, 0.3) is 10.8 Å². The Bertz CT molecular complexity index is 467. The molecule has 0 unspecified atom stereocenters. The Labute approximate surface area is 78.7 Å². The van der Waals surface area contributed by atoms with Crippen molar-refractivity contribution in [3.63, 3.8) is 0 Å². The molecule has 0 atom stereocenters. The topological polar surface area (TPSA) is 17.1 Å². The summed E-state index contributed by atoms with van der Waals surface area (Å²) in [6.07, 6.45) is 0. The molecule has 64 valence electrons. The number of rotatable bonds is 1. The minimum Gasteiger partial charge on any atom is -0.207 e. The van der Waals surface area contributed by atoms with Gasteiger partial charge < -0.3 is 0 Å². The van der Waals surface area contributed by atoms with Crippen LogP contribution in [0.15, 0.2) is 41.3 Å². The van der Waals surface area contributed by atoms with Gasteiger partial charge in [-0.3, -0.25) is 0 Å². The lowest BCUT2D eigenvalue weighted by Crippen LogP contribution is -1.80. The lowest BCUT2D eigenvalue weighted by atomic mass is 10.1. The molecule has 0 N–H and O–H groups in total. The first-order valence-electron chi connectivity index (χ1n) is 3.79. The molecule has 0 heterocycles. The van der Waals surface area contributed by atoms with Gasteiger partial charge in [0.05, 0.1) is 5.39 Å². The Kier molecular flexibility index (Phi) is 2.02. The molecule has 0 saturated heterocycles. The van der Waals surface area contributed by atoms with Gasteiger partial charge >= 0.3 is 11.7 Å². The molecular weight excluding hydrogens is 187 g/mol. The molecule has 0 aromatic heterocycles.